The monoisotopic (exact) mass is 437 g/mol. The summed E-state index contributed by atoms with van der Waals surface area (Å²) in [6.45, 7) is 4.45. The zero-order chi connectivity index (χ0) is 17.4. The van der Waals surface area contributed by atoms with E-state index in [4.69, 9.17) is 12.2 Å². The van der Waals surface area contributed by atoms with Gasteiger partial charge < -0.3 is 27.7 Å². The molecule has 147 valence electrons. The fourth-order valence-corrected chi connectivity index (χ4v) is 7.96. The van der Waals surface area contributed by atoms with E-state index in [0.29, 0.717) is 0 Å². The molecule has 0 heterocycles. The normalized spacial score (nSPS) is 12.9. The van der Waals surface area contributed by atoms with Crippen molar-refractivity contribution < 1.29 is 26.9 Å². The van der Waals surface area contributed by atoms with E-state index >= 15 is 0 Å². The summed E-state index contributed by atoms with van der Waals surface area (Å²) in [5, 5.41) is 0. The van der Waals surface area contributed by atoms with Crippen LogP contribution in [-0.2, 0) is 39.4 Å². The third-order valence-electron chi connectivity index (χ3n) is 4.28. The van der Waals surface area contributed by atoms with Gasteiger partial charge in [0.1, 0.15) is 0 Å². The minimum absolute atomic E-state index is 0. The molecule has 0 aliphatic carbocycles. The van der Waals surface area contributed by atoms with Gasteiger partial charge in [-0.2, -0.15) is 0 Å². The SMILES string of the molecule is CCCCCCCCCCS(CCCCCCCC)=P([O-])([O-])[S-].[Fe+3]. The molecule has 0 aromatic rings. The van der Waals surface area contributed by atoms with Crippen LogP contribution < -0.4 is 9.79 Å². The molecule has 1 atom stereocenters. The molecule has 24 heavy (non-hydrogen) atoms. The van der Waals surface area contributed by atoms with Gasteiger partial charge in [-0.3, -0.25) is 0 Å². The van der Waals surface area contributed by atoms with E-state index in [1.807, 2.05) is 0 Å². The molecule has 0 saturated carbocycles. The second-order valence-electron chi connectivity index (χ2n) is 6.56. The molecule has 0 bridgehead atoms. The van der Waals surface area contributed by atoms with Crippen LogP contribution in [-0.4, -0.2) is 11.5 Å². The fraction of sp³-hybridized carbons (Fsp3) is 1.00. The molecule has 0 aromatic heterocycles. The topological polar surface area (TPSA) is 46.1 Å². The van der Waals surface area contributed by atoms with Gasteiger partial charge in [-0.1, -0.05) is 90.9 Å². The van der Waals surface area contributed by atoms with Gasteiger partial charge in [0.25, 0.3) is 0 Å². The van der Waals surface area contributed by atoms with Crippen molar-refractivity contribution in [2.75, 3.05) is 11.5 Å². The van der Waals surface area contributed by atoms with Gasteiger partial charge in [-0.25, -0.2) is 10.1 Å². The second-order valence-corrected chi connectivity index (χ2v) is 14.3. The Kier molecular flexibility index (Phi) is 22.4. The summed E-state index contributed by atoms with van der Waals surface area (Å²) in [6, 6.07) is 0. The van der Waals surface area contributed by atoms with Crippen LogP contribution in [0.4, 0.5) is 0 Å². The van der Waals surface area contributed by atoms with Gasteiger partial charge in [0.2, 0.25) is 0 Å². The molecule has 0 saturated heterocycles. The van der Waals surface area contributed by atoms with Gasteiger partial charge >= 0.3 is 17.1 Å². The minimum Gasteiger partial charge on any atom is -0.854 e. The number of hydrogen-bond donors (Lipinski definition) is 0. The van der Waals surface area contributed by atoms with Gasteiger partial charge in [0.15, 0.2) is 0 Å². The van der Waals surface area contributed by atoms with Crippen molar-refractivity contribution in [1.82, 2.24) is 0 Å². The minimum atomic E-state index is -3.55. The Hall–Kier alpha value is 1.57. The van der Waals surface area contributed by atoms with E-state index in [2.05, 4.69) is 13.8 Å². The Morgan fingerprint density at radius 3 is 1.21 bits per heavy atom. The predicted molar refractivity (Wildman–Crippen MR) is 107 cm³/mol. The van der Waals surface area contributed by atoms with Crippen LogP contribution >= 0.6 is 5.69 Å². The fourth-order valence-electron chi connectivity index (χ4n) is 2.78. The van der Waals surface area contributed by atoms with E-state index in [1.165, 1.54) is 70.6 Å². The van der Waals surface area contributed by atoms with Crippen molar-refractivity contribution in [3.8, 4) is 0 Å². The first kappa shape index (κ1) is 27.8. The second kappa shape index (κ2) is 19.3. The maximum atomic E-state index is 11.8. The Bertz CT molecular complexity index is 314. The smallest absolute Gasteiger partial charge is 0.854 e. The number of unbranched alkanes of at least 4 members (excludes halogenated alkanes) is 12. The summed E-state index contributed by atoms with van der Waals surface area (Å²) in [5.41, 5.74) is -3.55. The molecule has 6 heteroatoms. The number of hydrogen-bond acceptors (Lipinski definition) is 3. The summed E-state index contributed by atoms with van der Waals surface area (Å²) < 4.78 is 0. The Balaban J connectivity index is 0. The van der Waals surface area contributed by atoms with Crippen LogP contribution in [0.1, 0.15) is 104 Å². The van der Waals surface area contributed by atoms with Crippen LogP contribution in [0, 0.1) is 0 Å². The van der Waals surface area contributed by atoms with Crippen molar-refractivity contribution in [2.24, 2.45) is 0 Å². The van der Waals surface area contributed by atoms with Crippen molar-refractivity contribution in [3.05, 3.63) is 0 Å². The molecule has 0 rings (SSSR count). The van der Waals surface area contributed by atoms with E-state index in [9.17, 15) is 9.79 Å². The predicted octanol–water partition coefficient (Wildman–Crippen LogP) is 5.05. The first-order valence-corrected chi connectivity index (χ1v) is 14.5. The molecular formula is C18H38FeO2PS2. The summed E-state index contributed by atoms with van der Waals surface area (Å²) >= 11 is 4.79. The summed E-state index contributed by atoms with van der Waals surface area (Å²) in [4.78, 5) is 23.6. The maximum Gasteiger partial charge on any atom is 3.00 e. The molecular weight excluding hydrogens is 399 g/mol. The average molecular weight is 437 g/mol. The standard InChI is InChI=1S/C18H38O2PS2.Fe/c1-3-5-7-9-11-12-14-16-18-23(21(19,20)22)17-15-13-10-8-6-4-2;/h3-18H2,1-2H3;/q-3;+3. The Morgan fingerprint density at radius 2 is 0.917 bits per heavy atom. The summed E-state index contributed by atoms with van der Waals surface area (Å²) in [5.74, 6) is 1.63. The molecule has 0 fully saturated rings. The molecule has 0 N–H and O–H groups in total. The molecule has 0 aromatic carbocycles. The molecule has 0 aliphatic rings. The first-order valence-electron chi connectivity index (χ1n) is 9.72. The molecule has 0 spiro atoms. The Labute approximate surface area is 169 Å². The van der Waals surface area contributed by atoms with Crippen LogP contribution in [0.15, 0.2) is 0 Å². The van der Waals surface area contributed by atoms with Crippen LogP contribution in [0.3, 0.4) is 0 Å². The third kappa shape index (κ3) is 18.4. The van der Waals surface area contributed by atoms with Crippen LogP contribution in [0.25, 0.3) is 0 Å². The largest absolute Gasteiger partial charge is 3.00 e. The van der Waals surface area contributed by atoms with E-state index in [0.717, 1.165) is 30.8 Å². The van der Waals surface area contributed by atoms with Crippen molar-refractivity contribution in [2.45, 2.75) is 104 Å². The zero-order valence-electron chi connectivity index (χ0n) is 15.7. The molecule has 1 unspecified atom stereocenters. The van der Waals surface area contributed by atoms with Gasteiger partial charge in [0, 0.05) is 0 Å². The molecule has 2 nitrogen and oxygen atoms in total. The quantitative estimate of drug-likeness (QED) is 0.147. The third-order valence-corrected chi connectivity index (χ3v) is 11.3. The Morgan fingerprint density at radius 1 is 0.625 bits per heavy atom. The van der Waals surface area contributed by atoms with Gasteiger partial charge in [-0.15, -0.1) is 0 Å². The summed E-state index contributed by atoms with van der Waals surface area (Å²) in [6.07, 6.45) is 17.3. The van der Waals surface area contributed by atoms with Crippen molar-refractivity contribution in [1.29, 1.82) is 0 Å². The van der Waals surface area contributed by atoms with Crippen molar-refractivity contribution >= 4 is 28.0 Å². The van der Waals surface area contributed by atoms with Crippen LogP contribution in [0.5, 0.6) is 0 Å². The first-order chi connectivity index (χ1) is 11.0. The van der Waals surface area contributed by atoms with Crippen molar-refractivity contribution in [3.63, 3.8) is 0 Å². The van der Waals surface area contributed by atoms with E-state index in [-0.39, 0.29) is 17.1 Å². The van der Waals surface area contributed by atoms with Crippen LogP contribution in [0.2, 0.25) is 0 Å². The average Bonchev–Trinajstić information content (AvgIpc) is 2.50. The van der Waals surface area contributed by atoms with E-state index < -0.39 is 15.8 Å². The van der Waals surface area contributed by atoms with Gasteiger partial charge in [0.05, 0.1) is 0 Å². The maximum absolute atomic E-state index is 11.8. The van der Waals surface area contributed by atoms with E-state index in [1.54, 1.807) is 0 Å². The zero-order valence-corrected chi connectivity index (χ0v) is 19.4. The molecule has 0 amide bonds. The van der Waals surface area contributed by atoms with Gasteiger partial charge in [-0.05, 0) is 24.3 Å². The molecule has 0 aliphatic heterocycles. The summed E-state index contributed by atoms with van der Waals surface area (Å²) in [7, 11) is -0.544. The number of rotatable bonds is 16. The molecule has 1 radical (unpaired) electrons.